The summed E-state index contributed by atoms with van der Waals surface area (Å²) in [6.45, 7) is 2.79. The van der Waals surface area contributed by atoms with Gasteiger partial charge >= 0.3 is 0 Å². The average molecular weight is 344 g/mol. The maximum Gasteiger partial charge on any atom is 0.264 e. The van der Waals surface area contributed by atoms with Gasteiger partial charge in [0.25, 0.3) is 5.91 Å². The minimum atomic E-state index is -0.406. The zero-order valence-corrected chi connectivity index (χ0v) is 14.4. The van der Waals surface area contributed by atoms with E-state index in [2.05, 4.69) is 15.3 Å². The zero-order valence-electron chi connectivity index (χ0n) is 13.6. The van der Waals surface area contributed by atoms with Gasteiger partial charge < -0.3 is 10.2 Å². The second-order valence-electron chi connectivity index (χ2n) is 5.80. The number of hydrogen-bond acceptors (Lipinski definition) is 5. The molecule has 7 heteroatoms. The Morgan fingerprint density at radius 2 is 2.25 bits per heavy atom. The molecule has 1 saturated heterocycles. The molecule has 0 bridgehead atoms. The van der Waals surface area contributed by atoms with Crippen LogP contribution in [0.3, 0.4) is 0 Å². The highest BCUT2D eigenvalue weighted by molar-refractivity contribution is 7.12. The molecule has 24 heavy (non-hydrogen) atoms. The number of amides is 2. The van der Waals surface area contributed by atoms with E-state index in [1.807, 2.05) is 18.4 Å². The fourth-order valence-corrected chi connectivity index (χ4v) is 3.57. The van der Waals surface area contributed by atoms with Crippen LogP contribution < -0.4 is 5.32 Å². The molecule has 2 amide bonds. The summed E-state index contributed by atoms with van der Waals surface area (Å²) >= 11 is 1.41. The summed E-state index contributed by atoms with van der Waals surface area (Å²) in [4.78, 5) is 35.9. The van der Waals surface area contributed by atoms with Crippen LogP contribution >= 0.6 is 11.3 Å². The molecule has 2 aromatic rings. The molecule has 126 valence electrons. The van der Waals surface area contributed by atoms with E-state index in [0.717, 1.165) is 18.5 Å². The van der Waals surface area contributed by atoms with E-state index in [1.54, 1.807) is 23.2 Å². The van der Waals surface area contributed by atoms with Crippen molar-refractivity contribution in [3.05, 3.63) is 46.2 Å². The highest BCUT2D eigenvalue weighted by Gasteiger charge is 2.32. The number of aromatic nitrogens is 2. The minimum Gasteiger partial charge on any atom is -0.349 e. The summed E-state index contributed by atoms with van der Waals surface area (Å²) < 4.78 is 0. The van der Waals surface area contributed by atoms with Gasteiger partial charge in [0, 0.05) is 12.7 Å². The molecule has 3 heterocycles. The first-order valence-corrected chi connectivity index (χ1v) is 8.94. The van der Waals surface area contributed by atoms with Gasteiger partial charge in [0.1, 0.15) is 11.9 Å². The van der Waals surface area contributed by atoms with Crippen LogP contribution in [0.4, 0.5) is 0 Å². The largest absolute Gasteiger partial charge is 0.349 e. The Morgan fingerprint density at radius 1 is 1.38 bits per heavy atom. The fourth-order valence-electron chi connectivity index (χ4n) is 2.89. The predicted octanol–water partition coefficient (Wildman–Crippen LogP) is 2.16. The molecule has 2 aromatic heterocycles. The Bertz CT molecular complexity index is 717. The van der Waals surface area contributed by atoms with Crippen molar-refractivity contribution in [3.8, 4) is 0 Å². The third kappa shape index (κ3) is 3.79. The van der Waals surface area contributed by atoms with Crippen molar-refractivity contribution in [2.75, 3.05) is 6.54 Å². The van der Waals surface area contributed by atoms with Crippen LogP contribution in [0.25, 0.3) is 0 Å². The Hall–Kier alpha value is -2.28. The van der Waals surface area contributed by atoms with E-state index in [0.29, 0.717) is 30.2 Å². The number of rotatable bonds is 4. The van der Waals surface area contributed by atoms with Crippen LogP contribution in [0.2, 0.25) is 0 Å². The summed E-state index contributed by atoms with van der Waals surface area (Å²) in [7, 11) is 0. The number of likely N-dealkylation sites (tertiary alicyclic amines) is 1. The molecule has 1 unspecified atom stereocenters. The zero-order chi connectivity index (χ0) is 16.9. The molecule has 1 fully saturated rings. The summed E-state index contributed by atoms with van der Waals surface area (Å²) in [6.07, 6.45) is 4.27. The van der Waals surface area contributed by atoms with Crippen LogP contribution in [0, 0.1) is 6.92 Å². The van der Waals surface area contributed by atoms with Crippen LogP contribution in [0.15, 0.2) is 29.8 Å². The Morgan fingerprint density at radius 3 is 3.00 bits per heavy atom. The van der Waals surface area contributed by atoms with Crippen LogP contribution in [0.5, 0.6) is 0 Å². The predicted molar refractivity (Wildman–Crippen MR) is 91.6 cm³/mol. The molecule has 0 radical (unpaired) electrons. The van der Waals surface area contributed by atoms with Crippen LogP contribution in [-0.4, -0.2) is 39.3 Å². The van der Waals surface area contributed by atoms with Crippen molar-refractivity contribution >= 4 is 23.2 Å². The lowest BCUT2D eigenvalue weighted by Gasteiger charge is -2.34. The van der Waals surface area contributed by atoms with E-state index < -0.39 is 6.04 Å². The molecule has 1 aliphatic rings. The third-order valence-electron chi connectivity index (χ3n) is 4.08. The van der Waals surface area contributed by atoms with Crippen molar-refractivity contribution in [1.29, 1.82) is 0 Å². The SMILES string of the molecule is Cc1nccc(CNC(=O)C2CCCCN2C(=O)c2cccs2)n1. The molecule has 0 spiro atoms. The third-order valence-corrected chi connectivity index (χ3v) is 4.93. The smallest absolute Gasteiger partial charge is 0.264 e. The van der Waals surface area contributed by atoms with Gasteiger partial charge in [-0.2, -0.15) is 0 Å². The Kier molecular flexibility index (Phi) is 5.20. The fraction of sp³-hybridized carbons (Fsp3) is 0.412. The van der Waals surface area contributed by atoms with Crippen molar-refractivity contribution in [3.63, 3.8) is 0 Å². The Labute approximate surface area is 144 Å². The number of hydrogen-bond donors (Lipinski definition) is 1. The van der Waals surface area contributed by atoms with Gasteiger partial charge in [-0.15, -0.1) is 11.3 Å². The first kappa shape index (κ1) is 16.6. The summed E-state index contributed by atoms with van der Waals surface area (Å²) in [5, 5.41) is 4.79. The summed E-state index contributed by atoms with van der Waals surface area (Å²) in [5.41, 5.74) is 0.766. The molecular weight excluding hydrogens is 324 g/mol. The molecule has 0 aliphatic carbocycles. The molecule has 1 atom stereocenters. The highest BCUT2D eigenvalue weighted by atomic mass is 32.1. The maximum absolute atomic E-state index is 12.6. The van der Waals surface area contributed by atoms with Crippen molar-refractivity contribution < 1.29 is 9.59 Å². The lowest BCUT2D eigenvalue weighted by molar-refractivity contribution is -0.126. The molecule has 3 rings (SSSR count). The highest BCUT2D eigenvalue weighted by Crippen LogP contribution is 2.22. The summed E-state index contributed by atoms with van der Waals surface area (Å²) in [6, 6.07) is 5.04. The van der Waals surface area contributed by atoms with E-state index in [4.69, 9.17) is 0 Å². The molecule has 1 N–H and O–H groups in total. The van der Waals surface area contributed by atoms with E-state index in [-0.39, 0.29) is 11.8 Å². The van der Waals surface area contributed by atoms with Crippen LogP contribution in [0.1, 0.15) is 40.5 Å². The van der Waals surface area contributed by atoms with Crippen molar-refractivity contribution in [1.82, 2.24) is 20.2 Å². The number of piperidine rings is 1. The van der Waals surface area contributed by atoms with Crippen LogP contribution in [-0.2, 0) is 11.3 Å². The van der Waals surface area contributed by atoms with Crippen molar-refractivity contribution in [2.24, 2.45) is 0 Å². The minimum absolute atomic E-state index is 0.0530. The average Bonchev–Trinajstić information content (AvgIpc) is 3.14. The number of carbonyl (C=O) groups excluding carboxylic acids is 2. The molecule has 1 aliphatic heterocycles. The lowest BCUT2D eigenvalue weighted by Crippen LogP contribution is -2.51. The number of aryl methyl sites for hydroxylation is 1. The normalized spacial score (nSPS) is 17.5. The van der Waals surface area contributed by atoms with Crippen molar-refractivity contribution in [2.45, 2.75) is 38.8 Å². The molecule has 0 saturated carbocycles. The number of nitrogens with one attached hydrogen (secondary N) is 1. The first-order chi connectivity index (χ1) is 11.6. The maximum atomic E-state index is 12.6. The molecule has 0 aromatic carbocycles. The number of nitrogens with zero attached hydrogens (tertiary/aromatic N) is 3. The molecular formula is C17H20N4O2S. The number of thiophene rings is 1. The van der Waals surface area contributed by atoms with Gasteiger partial charge in [-0.3, -0.25) is 9.59 Å². The van der Waals surface area contributed by atoms with Gasteiger partial charge in [0.15, 0.2) is 0 Å². The number of carbonyl (C=O) groups is 2. The standard InChI is InChI=1S/C17H20N4O2S/c1-12-18-8-7-13(20-12)11-19-16(22)14-5-2-3-9-21(14)17(23)15-6-4-10-24-15/h4,6-8,10,14H,2-3,5,9,11H2,1H3,(H,19,22). The molecule has 6 nitrogen and oxygen atoms in total. The quantitative estimate of drug-likeness (QED) is 0.922. The van der Waals surface area contributed by atoms with Gasteiger partial charge in [0.2, 0.25) is 5.91 Å². The topological polar surface area (TPSA) is 75.2 Å². The second-order valence-corrected chi connectivity index (χ2v) is 6.75. The van der Waals surface area contributed by atoms with Gasteiger partial charge in [-0.1, -0.05) is 6.07 Å². The lowest BCUT2D eigenvalue weighted by atomic mass is 10.0. The van der Waals surface area contributed by atoms with E-state index in [9.17, 15) is 9.59 Å². The Balaban J connectivity index is 1.66. The first-order valence-electron chi connectivity index (χ1n) is 8.06. The van der Waals surface area contributed by atoms with E-state index in [1.165, 1.54) is 11.3 Å². The summed E-state index contributed by atoms with van der Waals surface area (Å²) in [5.74, 6) is 0.507. The van der Waals surface area contributed by atoms with E-state index >= 15 is 0 Å². The van der Waals surface area contributed by atoms with Gasteiger partial charge in [0.05, 0.1) is 17.1 Å². The second kappa shape index (κ2) is 7.53. The monoisotopic (exact) mass is 344 g/mol. The van der Waals surface area contributed by atoms with Gasteiger partial charge in [-0.25, -0.2) is 9.97 Å². The van der Waals surface area contributed by atoms with Gasteiger partial charge in [-0.05, 0) is 43.7 Å².